The van der Waals surface area contributed by atoms with Gasteiger partial charge in [-0.25, -0.2) is 12.8 Å². The normalized spacial score (nSPS) is 18.5. The van der Waals surface area contributed by atoms with E-state index in [1.54, 1.807) is 31.2 Å². The molecule has 1 aliphatic rings. The molecule has 1 N–H and O–H groups in total. The first-order chi connectivity index (χ1) is 12.4. The van der Waals surface area contributed by atoms with Crippen molar-refractivity contribution in [3.8, 4) is 0 Å². The third-order valence-electron chi connectivity index (χ3n) is 4.56. The fraction of sp³-hybridized carbons (Fsp3) is 0.316. The van der Waals surface area contributed by atoms with E-state index < -0.39 is 27.8 Å². The van der Waals surface area contributed by atoms with Crippen molar-refractivity contribution in [1.82, 2.24) is 4.31 Å². The van der Waals surface area contributed by atoms with Crippen molar-refractivity contribution < 1.29 is 17.6 Å². The molecule has 1 amide bonds. The van der Waals surface area contributed by atoms with Crippen molar-refractivity contribution in [1.29, 1.82) is 0 Å². The van der Waals surface area contributed by atoms with E-state index in [4.69, 9.17) is 0 Å². The van der Waals surface area contributed by atoms with E-state index in [1.165, 1.54) is 28.6 Å². The SMILES string of the molecule is Cc1ccc(F)cc1NC(=O)[C@@H]1CCCCN1S(=O)(=O)c1ccccc1. The molecule has 1 heterocycles. The van der Waals surface area contributed by atoms with Crippen LogP contribution in [0.5, 0.6) is 0 Å². The van der Waals surface area contributed by atoms with Crippen molar-refractivity contribution in [2.24, 2.45) is 0 Å². The van der Waals surface area contributed by atoms with Crippen LogP contribution in [0.25, 0.3) is 0 Å². The molecule has 0 aromatic heterocycles. The molecule has 0 spiro atoms. The van der Waals surface area contributed by atoms with Gasteiger partial charge in [-0.3, -0.25) is 4.79 Å². The molecule has 1 atom stereocenters. The van der Waals surface area contributed by atoms with Gasteiger partial charge in [0, 0.05) is 12.2 Å². The number of carbonyl (C=O) groups excluding carboxylic acids is 1. The summed E-state index contributed by atoms with van der Waals surface area (Å²) >= 11 is 0. The molecule has 0 unspecified atom stereocenters. The van der Waals surface area contributed by atoms with Gasteiger partial charge in [0.05, 0.1) is 4.90 Å². The molecule has 0 bridgehead atoms. The highest BCUT2D eigenvalue weighted by atomic mass is 32.2. The average Bonchev–Trinajstić information content (AvgIpc) is 2.65. The summed E-state index contributed by atoms with van der Waals surface area (Å²) in [6.07, 6.45) is 1.90. The van der Waals surface area contributed by atoms with Crippen LogP contribution in [0, 0.1) is 12.7 Å². The number of hydrogen-bond donors (Lipinski definition) is 1. The Balaban J connectivity index is 1.87. The molecule has 1 aliphatic heterocycles. The van der Waals surface area contributed by atoms with Gasteiger partial charge < -0.3 is 5.32 Å². The second-order valence-electron chi connectivity index (χ2n) is 6.39. The summed E-state index contributed by atoms with van der Waals surface area (Å²) in [6.45, 7) is 2.05. The highest BCUT2D eigenvalue weighted by Gasteiger charge is 2.37. The van der Waals surface area contributed by atoms with Crippen molar-refractivity contribution in [2.45, 2.75) is 37.1 Å². The number of halogens is 1. The van der Waals surface area contributed by atoms with Gasteiger partial charge in [-0.05, 0) is 49.6 Å². The fourth-order valence-corrected chi connectivity index (χ4v) is 4.80. The molecule has 1 fully saturated rings. The number of rotatable bonds is 4. The van der Waals surface area contributed by atoms with Crippen LogP contribution in [0.1, 0.15) is 24.8 Å². The van der Waals surface area contributed by atoms with Crippen LogP contribution < -0.4 is 5.32 Å². The lowest BCUT2D eigenvalue weighted by atomic mass is 10.0. The number of carbonyl (C=O) groups is 1. The van der Waals surface area contributed by atoms with E-state index >= 15 is 0 Å². The number of nitrogens with one attached hydrogen (secondary N) is 1. The standard InChI is InChI=1S/C19H21FN2O3S/c1-14-10-11-15(20)13-17(14)21-19(23)18-9-5-6-12-22(18)26(24,25)16-7-3-2-4-8-16/h2-4,7-8,10-11,13,18H,5-6,9,12H2,1H3,(H,21,23)/t18-/m0/s1. The minimum absolute atomic E-state index is 0.168. The van der Waals surface area contributed by atoms with Crippen LogP contribution in [-0.2, 0) is 14.8 Å². The summed E-state index contributed by atoms with van der Waals surface area (Å²) in [6, 6.07) is 11.4. The number of piperidine rings is 1. The minimum Gasteiger partial charge on any atom is -0.324 e. The van der Waals surface area contributed by atoms with Crippen molar-refractivity contribution in [3.63, 3.8) is 0 Å². The van der Waals surface area contributed by atoms with Crippen molar-refractivity contribution >= 4 is 21.6 Å². The van der Waals surface area contributed by atoms with E-state index in [2.05, 4.69) is 5.32 Å². The lowest BCUT2D eigenvalue weighted by Gasteiger charge is -2.33. The molecule has 5 nitrogen and oxygen atoms in total. The molecular weight excluding hydrogens is 355 g/mol. The Morgan fingerprint density at radius 2 is 1.88 bits per heavy atom. The molecular formula is C19H21FN2O3S. The van der Waals surface area contributed by atoms with E-state index in [0.29, 0.717) is 24.1 Å². The van der Waals surface area contributed by atoms with Gasteiger partial charge >= 0.3 is 0 Å². The Morgan fingerprint density at radius 3 is 2.62 bits per heavy atom. The molecule has 7 heteroatoms. The van der Waals surface area contributed by atoms with Crippen LogP contribution in [0.15, 0.2) is 53.4 Å². The number of amides is 1. The molecule has 0 saturated carbocycles. The van der Waals surface area contributed by atoms with Gasteiger partial charge in [-0.15, -0.1) is 0 Å². The van der Waals surface area contributed by atoms with E-state index in [0.717, 1.165) is 6.42 Å². The van der Waals surface area contributed by atoms with Crippen LogP contribution in [-0.4, -0.2) is 31.2 Å². The number of aryl methyl sites for hydroxylation is 1. The molecule has 0 aliphatic carbocycles. The first-order valence-electron chi connectivity index (χ1n) is 8.53. The highest BCUT2D eigenvalue weighted by Crippen LogP contribution is 2.27. The molecule has 26 heavy (non-hydrogen) atoms. The Bertz CT molecular complexity index is 900. The van der Waals surface area contributed by atoms with Gasteiger partial charge in [0.25, 0.3) is 0 Å². The summed E-state index contributed by atoms with van der Waals surface area (Å²) < 4.78 is 40.7. The lowest BCUT2D eigenvalue weighted by Crippen LogP contribution is -2.49. The van der Waals surface area contributed by atoms with Crippen LogP contribution in [0.3, 0.4) is 0 Å². The predicted octanol–water partition coefficient (Wildman–Crippen LogP) is 3.32. The average molecular weight is 376 g/mol. The van der Waals surface area contributed by atoms with Crippen molar-refractivity contribution in [3.05, 3.63) is 59.9 Å². The van der Waals surface area contributed by atoms with E-state index in [9.17, 15) is 17.6 Å². The Kier molecular flexibility index (Phi) is 5.38. The van der Waals surface area contributed by atoms with Gasteiger partial charge in [0.15, 0.2) is 0 Å². The molecule has 0 radical (unpaired) electrons. The van der Waals surface area contributed by atoms with E-state index in [-0.39, 0.29) is 11.4 Å². The van der Waals surface area contributed by atoms with Gasteiger partial charge in [0.2, 0.25) is 15.9 Å². The summed E-state index contributed by atoms with van der Waals surface area (Å²) in [5.74, 6) is -0.888. The maximum atomic E-state index is 13.5. The van der Waals surface area contributed by atoms with Gasteiger partial charge in [-0.1, -0.05) is 30.7 Å². The molecule has 138 valence electrons. The molecule has 2 aromatic carbocycles. The number of hydrogen-bond acceptors (Lipinski definition) is 3. The first-order valence-corrected chi connectivity index (χ1v) is 9.97. The number of nitrogens with zero attached hydrogens (tertiary/aromatic N) is 1. The summed E-state index contributed by atoms with van der Waals surface area (Å²) in [7, 11) is -3.77. The number of benzene rings is 2. The number of sulfonamides is 1. The minimum atomic E-state index is -3.77. The van der Waals surface area contributed by atoms with Crippen LogP contribution >= 0.6 is 0 Å². The Hall–Kier alpha value is -2.25. The molecule has 1 saturated heterocycles. The van der Waals surface area contributed by atoms with E-state index in [1.807, 2.05) is 0 Å². The maximum Gasteiger partial charge on any atom is 0.243 e. The smallest absolute Gasteiger partial charge is 0.243 e. The zero-order valence-electron chi connectivity index (χ0n) is 14.5. The lowest BCUT2D eigenvalue weighted by molar-refractivity contribution is -0.120. The monoisotopic (exact) mass is 376 g/mol. The largest absolute Gasteiger partial charge is 0.324 e. The second kappa shape index (κ2) is 7.55. The highest BCUT2D eigenvalue weighted by molar-refractivity contribution is 7.89. The Labute approximate surface area is 152 Å². The summed E-state index contributed by atoms with van der Waals surface area (Å²) in [5, 5.41) is 2.69. The van der Waals surface area contributed by atoms with Gasteiger partial charge in [0.1, 0.15) is 11.9 Å². The summed E-state index contributed by atoms with van der Waals surface area (Å²) in [5.41, 5.74) is 1.07. The third-order valence-corrected chi connectivity index (χ3v) is 6.49. The zero-order chi connectivity index (χ0) is 18.7. The number of anilines is 1. The third kappa shape index (κ3) is 3.78. The molecule has 3 rings (SSSR count). The maximum absolute atomic E-state index is 13.5. The summed E-state index contributed by atoms with van der Waals surface area (Å²) in [4.78, 5) is 12.9. The first kappa shape index (κ1) is 18.5. The fourth-order valence-electron chi connectivity index (χ4n) is 3.13. The van der Waals surface area contributed by atoms with Crippen LogP contribution in [0.2, 0.25) is 0 Å². The van der Waals surface area contributed by atoms with Crippen LogP contribution in [0.4, 0.5) is 10.1 Å². The molecule has 2 aromatic rings. The topological polar surface area (TPSA) is 66.5 Å². The second-order valence-corrected chi connectivity index (χ2v) is 8.28. The quantitative estimate of drug-likeness (QED) is 0.890. The van der Waals surface area contributed by atoms with Crippen molar-refractivity contribution in [2.75, 3.05) is 11.9 Å². The Morgan fingerprint density at radius 1 is 1.15 bits per heavy atom. The van der Waals surface area contributed by atoms with Gasteiger partial charge in [-0.2, -0.15) is 4.31 Å². The zero-order valence-corrected chi connectivity index (χ0v) is 15.3. The predicted molar refractivity (Wildman–Crippen MR) is 97.7 cm³/mol.